The zero-order valence-electron chi connectivity index (χ0n) is 14.2. The van der Waals surface area contributed by atoms with Gasteiger partial charge >= 0.3 is 0 Å². The van der Waals surface area contributed by atoms with E-state index in [0.717, 1.165) is 46.8 Å². The van der Waals surface area contributed by atoms with Crippen molar-refractivity contribution in [3.05, 3.63) is 66.4 Å². The van der Waals surface area contributed by atoms with E-state index in [0.29, 0.717) is 0 Å². The van der Waals surface area contributed by atoms with Crippen LogP contribution in [0.15, 0.2) is 70.8 Å². The zero-order chi connectivity index (χ0) is 16.5. The Morgan fingerprint density at radius 3 is 2.27 bits per heavy atom. The molecule has 0 aliphatic rings. The second-order valence-electron chi connectivity index (χ2n) is 5.16. The summed E-state index contributed by atoms with van der Waals surface area (Å²) in [6.07, 6.45) is 3.01. The van der Waals surface area contributed by atoms with E-state index < -0.39 is 0 Å². The van der Waals surface area contributed by atoms with E-state index in [2.05, 4.69) is 30.1 Å². The fraction of sp³-hybridized carbons (Fsp3) is 0.300. The van der Waals surface area contributed by atoms with E-state index in [9.17, 15) is 0 Å². The molecule has 0 fully saturated rings. The minimum atomic E-state index is 0.835. The van der Waals surface area contributed by atoms with Crippen molar-refractivity contribution in [2.45, 2.75) is 34.1 Å². The Kier molecular flexibility index (Phi) is 7.24. The van der Waals surface area contributed by atoms with Gasteiger partial charge in [-0.05, 0) is 43.9 Å². The quantitative estimate of drug-likeness (QED) is 0.469. The van der Waals surface area contributed by atoms with Crippen LogP contribution in [0.4, 0.5) is 0 Å². The van der Waals surface area contributed by atoms with Crippen molar-refractivity contribution >= 4 is 17.0 Å². The highest BCUT2D eigenvalue weighted by atomic mass is 14.8. The van der Waals surface area contributed by atoms with E-state index in [-0.39, 0.29) is 0 Å². The summed E-state index contributed by atoms with van der Waals surface area (Å²) < 4.78 is 0. The Morgan fingerprint density at radius 1 is 1.09 bits per heavy atom. The van der Waals surface area contributed by atoms with Crippen LogP contribution >= 0.6 is 0 Å². The predicted octanol–water partition coefficient (Wildman–Crippen LogP) is 5.49. The number of hydrogen-bond donors (Lipinski definition) is 0. The number of aliphatic imine (C=N–C) groups is 2. The Bertz CT molecular complexity index is 616. The molecule has 0 unspecified atom stereocenters. The van der Waals surface area contributed by atoms with Crippen molar-refractivity contribution in [3.8, 4) is 0 Å². The maximum Gasteiger partial charge on any atom is 0.0663 e. The maximum absolute atomic E-state index is 4.68. The van der Waals surface area contributed by atoms with Crippen molar-refractivity contribution in [3.63, 3.8) is 0 Å². The van der Waals surface area contributed by atoms with Crippen LogP contribution < -0.4 is 0 Å². The van der Waals surface area contributed by atoms with Crippen LogP contribution in [0.3, 0.4) is 0 Å². The Balaban J connectivity index is 2.97. The molecule has 0 radical (unpaired) electrons. The molecule has 0 aliphatic carbocycles. The summed E-state index contributed by atoms with van der Waals surface area (Å²) in [5.74, 6) is 0. The second kappa shape index (κ2) is 8.93. The lowest BCUT2D eigenvalue weighted by Gasteiger charge is -2.11. The SMILES string of the molecule is C=C(C(=C)c1ccccc1)/C(=C/C)N=C(C)C(C)=NCCC. The van der Waals surface area contributed by atoms with Crippen LogP contribution in [0, 0.1) is 0 Å². The van der Waals surface area contributed by atoms with Crippen LogP contribution in [0.25, 0.3) is 5.57 Å². The molecule has 0 N–H and O–H groups in total. The van der Waals surface area contributed by atoms with Crippen molar-refractivity contribution in [2.75, 3.05) is 6.54 Å². The van der Waals surface area contributed by atoms with Crippen molar-refractivity contribution < 1.29 is 0 Å². The average molecular weight is 294 g/mol. The lowest BCUT2D eigenvalue weighted by molar-refractivity contribution is 0.933. The van der Waals surface area contributed by atoms with Gasteiger partial charge in [0, 0.05) is 6.54 Å². The fourth-order valence-electron chi connectivity index (χ4n) is 1.93. The largest absolute Gasteiger partial charge is 0.288 e. The first kappa shape index (κ1) is 17.8. The summed E-state index contributed by atoms with van der Waals surface area (Å²) in [4.78, 5) is 9.18. The van der Waals surface area contributed by atoms with Crippen molar-refractivity contribution in [2.24, 2.45) is 9.98 Å². The summed E-state index contributed by atoms with van der Waals surface area (Å²) >= 11 is 0. The molecule has 1 rings (SSSR count). The van der Waals surface area contributed by atoms with Crippen LogP contribution in [0.1, 0.15) is 39.7 Å². The molecular weight excluding hydrogens is 268 g/mol. The molecule has 2 nitrogen and oxygen atoms in total. The normalized spacial score (nSPS) is 13.2. The van der Waals surface area contributed by atoms with Crippen molar-refractivity contribution in [1.82, 2.24) is 0 Å². The fourth-order valence-corrected chi connectivity index (χ4v) is 1.93. The van der Waals surface area contributed by atoms with Gasteiger partial charge in [0.05, 0.1) is 17.1 Å². The first-order valence-electron chi connectivity index (χ1n) is 7.68. The van der Waals surface area contributed by atoms with E-state index in [1.165, 1.54) is 0 Å². The predicted molar refractivity (Wildman–Crippen MR) is 99.7 cm³/mol. The molecule has 2 heteroatoms. The monoisotopic (exact) mass is 294 g/mol. The van der Waals surface area contributed by atoms with E-state index in [4.69, 9.17) is 0 Å². The van der Waals surface area contributed by atoms with Gasteiger partial charge in [0.25, 0.3) is 0 Å². The number of rotatable bonds is 7. The Hall–Kier alpha value is -2.22. The first-order chi connectivity index (χ1) is 10.5. The Morgan fingerprint density at radius 2 is 1.73 bits per heavy atom. The van der Waals surface area contributed by atoms with Gasteiger partial charge in [-0.1, -0.05) is 56.5 Å². The number of benzene rings is 1. The van der Waals surface area contributed by atoms with Gasteiger partial charge in [0.15, 0.2) is 0 Å². The van der Waals surface area contributed by atoms with Gasteiger partial charge in [0.1, 0.15) is 0 Å². The molecule has 0 amide bonds. The maximum atomic E-state index is 4.68. The smallest absolute Gasteiger partial charge is 0.0663 e. The van der Waals surface area contributed by atoms with Gasteiger partial charge < -0.3 is 0 Å². The lowest BCUT2D eigenvalue weighted by Crippen LogP contribution is -2.07. The van der Waals surface area contributed by atoms with Crippen LogP contribution in [0.2, 0.25) is 0 Å². The van der Waals surface area contributed by atoms with E-state index in [1.54, 1.807) is 0 Å². The second-order valence-corrected chi connectivity index (χ2v) is 5.16. The van der Waals surface area contributed by atoms with Crippen LogP contribution in [-0.4, -0.2) is 18.0 Å². The third-order valence-corrected chi connectivity index (χ3v) is 3.45. The molecule has 1 aromatic rings. The molecule has 116 valence electrons. The minimum Gasteiger partial charge on any atom is -0.288 e. The van der Waals surface area contributed by atoms with Crippen molar-refractivity contribution in [1.29, 1.82) is 0 Å². The third kappa shape index (κ3) is 4.96. The molecule has 0 bridgehead atoms. The molecule has 0 aliphatic heterocycles. The molecule has 0 aromatic heterocycles. The Labute approximate surface area is 134 Å². The van der Waals surface area contributed by atoms with Gasteiger partial charge in [0.2, 0.25) is 0 Å². The standard InChI is InChI=1S/C20H26N2/c1-7-14-21-17(5)18(6)22-20(8-2)16(4)15(3)19-12-10-9-11-13-19/h8-13H,3-4,7,14H2,1-2,5-6H3/b20-8-,21-17?,22-18?. The van der Waals surface area contributed by atoms with Gasteiger partial charge in [-0.2, -0.15) is 0 Å². The average Bonchev–Trinajstić information content (AvgIpc) is 2.56. The van der Waals surface area contributed by atoms with Crippen LogP contribution in [0.5, 0.6) is 0 Å². The molecule has 0 saturated carbocycles. The van der Waals surface area contributed by atoms with E-state index in [1.807, 2.05) is 57.2 Å². The summed E-state index contributed by atoms with van der Waals surface area (Å²) in [5.41, 5.74) is 5.54. The van der Waals surface area contributed by atoms with E-state index >= 15 is 0 Å². The number of allylic oxidation sites excluding steroid dienone is 2. The highest BCUT2D eigenvalue weighted by molar-refractivity contribution is 6.40. The molecule has 22 heavy (non-hydrogen) atoms. The van der Waals surface area contributed by atoms with Gasteiger partial charge in [-0.25, -0.2) is 0 Å². The molecule has 0 saturated heterocycles. The van der Waals surface area contributed by atoms with Crippen LogP contribution in [-0.2, 0) is 0 Å². The molecule has 0 atom stereocenters. The first-order valence-corrected chi connectivity index (χ1v) is 7.68. The van der Waals surface area contributed by atoms with Gasteiger partial charge in [-0.3, -0.25) is 9.98 Å². The van der Waals surface area contributed by atoms with Gasteiger partial charge in [-0.15, -0.1) is 0 Å². The highest BCUT2D eigenvalue weighted by Crippen LogP contribution is 2.26. The molecule has 0 spiro atoms. The highest BCUT2D eigenvalue weighted by Gasteiger charge is 2.08. The lowest BCUT2D eigenvalue weighted by atomic mass is 9.98. The minimum absolute atomic E-state index is 0.835. The summed E-state index contributed by atoms with van der Waals surface area (Å²) in [6.45, 7) is 17.2. The zero-order valence-corrected chi connectivity index (χ0v) is 14.2. The summed E-state index contributed by atoms with van der Waals surface area (Å²) in [5, 5.41) is 0. The summed E-state index contributed by atoms with van der Waals surface area (Å²) in [7, 11) is 0. The third-order valence-electron chi connectivity index (χ3n) is 3.45. The number of nitrogens with zero attached hydrogens (tertiary/aromatic N) is 2. The number of hydrogen-bond acceptors (Lipinski definition) is 2. The molecule has 0 heterocycles. The topological polar surface area (TPSA) is 24.7 Å². The summed E-state index contributed by atoms with van der Waals surface area (Å²) in [6, 6.07) is 10.1. The molecule has 1 aromatic carbocycles. The molecular formula is C20H26N2.